The molecule has 1 aliphatic rings. The monoisotopic (exact) mass is 402 g/mol. The van der Waals surface area contributed by atoms with E-state index < -0.39 is 0 Å². The van der Waals surface area contributed by atoms with Crippen LogP contribution in [0.5, 0.6) is 5.88 Å². The number of urea groups is 1. The van der Waals surface area contributed by atoms with Gasteiger partial charge in [0.05, 0.1) is 17.9 Å². The molecule has 0 bridgehead atoms. The third-order valence-electron chi connectivity index (χ3n) is 5.10. The van der Waals surface area contributed by atoms with Gasteiger partial charge in [-0.15, -0.1) is 0 Å². The van der Waals surface area contributed by atoms with Gasteiger partial charge in [-0.2, -0.15) is 4.98 Å². The fourth-order valence-electron chi connectivity index (χ4n) is 3.79. The van der Waals surface area contributed by atoms with Gasteiger partial charge in [-0.05, 0) is 51.0 Å². The standard InChI is InChI=1S/C24H26N4O2/c1-18-16-23(26-19(2)25-18)30-22-14-9-15-27(17-22)24(29)28(20-10-5-3-6-11-20)21-12-7-4-8-13-21/h3-8,10-13,16,22H,9,14-15,17H2,1-2H3. The number of amides is 2. The SMILES string of the molecule is Cc1cc(OC2CCCN(C(=O)N(c3ccccc3)c3ccccc3)C2)nc(C)n1. The van der Waals surface area contributed by atoms with E-state index in [1.807, 2.05) is 85.5 Å². The second-order valence-corrected chi connectivity index (χ2v) is 7.51. The summed E-state index contributed by atoms with van der Waals surface area (Å²) < 4.78 is 6.13. The molecule has 6 nitrogen and oxygen atoms in total. The summed E-state index contributed by atoms with van der Waals surface area (Å²) in [5, 5.41) is 0. The number of aromatic nitrogens is 2. The van der Waals surface area contributed by atoms with Gasteiger partial charge >= 0.3 is 6.03 Å². The smallest absolute Gasteiger partial charge is 0.329 e. The van der Waals surface area contributed by atoms with Crippen LogP contribution < -0.4 is 9.64 Å². The topological polar surface area (TPSA) is 58.6 Å². The van der Waals surface area contributed by atoms with Crippen molar-refractivity contribution in [2.24, 2.45) is 0 Å². The van der Waals surface area contributed by atoms with E-state index in [0.29, 0.717) is 24.8 Å². The first-order chi connectivity index (χ1) is 14.6. The average molecular weight is 402 g/mol. The molecule has 30 heavy (non-hydrogen) atoms. The maximum Gasteiger partial charge on any atom is 0.329 e. The summed E-state index contributed by atoms with van der Waals surface area (Å²) in [6.45, 7) is 5.01. The highest BCUT2D eigenvalue weighted by Gasteiger charge is 2.30. The van der Waals surface area contributed by atoms with Crippen molar-refractivity contribution in [3.05, 3.63) is 78.2 Å². The molecule has 1 aliphatic heterocycles. The van der Waals surface area contributed by atoms with Gasteiger partial charge in [-0.3, -0.25) is 4.90 Å². The van der Waals surface area contributed by atoms with Crippen LogP contribution in [0.25, 0.3) is 0 Å². The van der Waals surface area contributed by atoms with Crippen molar-refractivity contribution in [2.45, 2.75) is 32.8 Å². The second-order valence-electron chi connectivity index (χ2n) is 7.51. The summed E-state index contributed by atoms with van der Waals surface area (Å²) in [6.07, 6.45) is 1.68. The molecule has 0 radical (unpaired) electrons. The maximum atomic E-state index is 13.6. The Hall–Kier alpha value is -3.41. The van der Waals surface area contributed by atoms with E-state index in [-0.39, 0.29) is 12.1 Å². The highest BCUT2D eigenvalue weighted by atomic mass is 16.5. The third kappa shape index (κ3) is 4.59. The molecule has 2 heterocycles. The van der Waals surface area contributed by atoms with Gasteiger partial charge in [0.15, 0.2) is 0 Å². The van der Waals surface area contributed by atoms with Crippen LogP contribution in [0.3, 0.4) is 0 Å². The van der Waals surface area contributed by atoms with Crippen LogP contribution in [-0.2, 0) is 0 Å². The third-order valence-corrected chi connectivity index (χ3v) is 5.10. The molecule has 1 fully saturated rings. The van der Waals surface area contributed by atoms with Crippen molar-refractivity contribution < 1.29 is 9.53 Å². The predicted octanol–water partition coefficient (Wildman–Crippen LogP) is 4.89. The molecule has 2 amide bonds. The zero-order chi connectivity index (χ0) is 20.9. The van der Waals surface area contributed by atoms with Gasteiger partial charge < -0.3 is 9.64 Å². The van der Waals surface area contributed by atoms with Gasteiger partial charge in [0, 0.05) is 18.3 Å². The fourth-order valence-corrected chi connectivity index (χ4v) is 3.79. The molecule has 1 atom stereocenters. The summed E-state index contributed by atoms with van der Waals surface area (Å²) in [5.74, 6) is 1.26. The number of nitrogens with zero attached hydrogens (tertiary/aromatic N) is 4. The van der Waals surface area contributed by atoms with E-state index in [1.54, 1.807) is 4.90 Å². The van der Waals surface area contributed by atoms with E-state index >= 15 is 0 Å². The van der Waals surface area contributed by atoms with Crippen molar-refractivity contribution in [1.82, 2.24) is 14.9 Å². The number of likely N-dealkylation sites (tertiary alicyclic amines) is 1. The van der Waals surface area contributed by atoms with E-state index in [0.717, 1.165) is 29.9 Å². The highest BCUT2D eigenvalue weighted by Crippen LogP contribution is 2.28. The lowest BCUT2D eigenvalue weighted by Crippen LogP contribution is -2.49. The first-order valence-electron chi connectivity index (χ1n) is 10.3. The Morgan fingerprint density at radius 3 is 2.23 bits per heavy atom. The van der Waals surface area contributed by atoms with Crippen LogP contribution in [0.15, 0.2) is 66.7 Å². The molecule has 4 rings (SSSR count). The van der Waals surface area contributed by atoms with Crippen LogP contribution in [0.2, 0.25) is 0 Å². The van der Waals surface area contributed by atoms with Gasteiger partial charge in [0.2, 0.25) is 5.88 Å². The minimum atomic E-state index is -0.0928. The molecular weight excluding hydrogens is 376 g/mol. The first kappa shape index (κ1) is 19.9. The molecule has 3 aromatic rings. The van der Waals surface area contributed by atoms with Crippen molar-refractivity contribution >= 4 is 17.4 Å². The Balaban J connectivity index is 1.54. The zero-order valence-electron chi connectivity index (χ0n) is 17.4. The molecule has 6 heteroatoms. The number of carbonyl (C=O) groups excluding carboxylic acids is 1. The Kier molecular flexibility index (Phi) is 5.93. The average Bonchev–Trinajstić information content (AvgIpc) is 2.75. The summed E-state index contributed by atoms with van der Waals surface area (Å²) in [5.41, 5.74) is 2.57. The summed E-state index contributed by atoms with van der Waals surface area (Å²) in [7, 11) is 0. The minimum absolute atomic E-state index is 0.0456. The number of ether oxygens (including phenoxy) is 1. The number of rotatable bonds is 4. The van der Waals surface area contributed by atoms with Crippen LogP contribution in [-0.4, -0.2) is 40.1 Å². The Morgan fingerprint density at radius 1 is 1.00 bits per heavy atom. The van der Waals surface area contributed by atoms with Gasteiger partial charge in [-0.25, -0.2) is 9.78 Å². The van der Waals surface area contributed by atoms with Crippen LogP contribution in [0.4, 0.5) is 16.2 Å². The largest absolute Gasteiger partial charge is 0.472 e. The van der Waals surface area contributed by atoms with Crippen LogP contribution in [0, 0.1) is 13.8 Å². The van der Waals surface area contributed by atoms with Gasteiger partial charge in [0.1, 0.15) is 11.9 Å². The number of piperidine rings is 1. The highest BCUT2D eigenvalue weighted by molar-refractivity contribution is 5.99. The second kappa shape index (κ2) is 8.95. The van der Waals surface area contributed by atoms with Crippen molar-refractivity contribution in [1.29, 1.82) is 0 Å². The first-order valence-corrected chi connectivity index (χ1v) is 10.3. The summed E-state index contributed by atoms with van der Waals surface area (Å²) in [4.78, 5) is 25.9. The molecule has 1 aromatic heterocycles. The molecule has 0 N–H and O–H groups in total. The van der Waals surface area contributed by atoms with E-state index in [1.165, 1.54) is 0 Å². The van der Waals surface area contributed by atoms with Crippen LogP contribution in [0.1, 0.15) is 24.4 Å². The lowest BCUT2D eigenvalue weighted by Gasteiger charge is -2.36. The van der Waals surface area contributed by atoms with Gasteiger partial charge in [0.25, 0.3) is 0 Å². The predicted molar refractivity (Wildman–Crippen MR) is 117 cm³/mol. The lowest BCUT2D eigenvalue weighted by atomic mass is 10.1. The van der Waals surface area contributed by atoms with Crippen LogP contribution >= 0.6 is 0 Å². The fraction of sp³-hybridized carbons (Fsp3) is 0.292. The molecule has 0 aliphatic carbocycles. The Labute approximate surface area is 177 Å². The normalized spacial score (nSPS) is 16.2. The lowest BCUT2D eigenvalue weighted by molar-refractivity contribution is 0.101. The molecule has 0 saturated carbocycles. The number of benzene rings is 2. The van der Waals surface area contributed by atoms with Crippen molar-refractivity contribution in [3.8, 4) is 5.88 Å². The molecule has 0 spiro atoms. The Bertz CT molecular complexity index is 935. The minimum Gasteiger partial charge on any atom is -0.472 e. The summed E-state index contributed by atoms with van der Waals surface area (Å²) >= 11 is 0. The number of aryl methyl sites for hydroxylation is 2. The zero-order valence-corrected chi connectivity index (χ0v) is 17.4. The van der Waals surface area contributed by atoms with E-state index in [4.69, 9.17) is 4.74 Å². The molecule has 1 saturated heterocycles. The number of carbonyl (C=O) groups is 1. The molecule has 2 aromatic carbocycles. The summed E-state index contributed by atoms with van der Waals surface area (Å²) in [6, 6.07) is 21.3. The molecular formula is C24H26N4O2. The van der Waals surface area contributed by atoms with Crippen molar-refractivity contribution in [3.63, 3.8) is 0 Å². The van der Waals surface area contributed by atoms with Gasteiger partial charge in [-0.1, -0.05) is 36.4 Å². The number of hydrogen-bond donors (Lipinski definition) is 0. The Morgan fingerprint density at radius 2 is 1.63 bits per heavy atom. The van der Waals surface area contributed by atoms with Crippen molar-refractivity contribution in [2.75, 3.05) is 18.0 Å². The van der Waals surface area contributed by atoms with E-state index in [9.17, 15) is 4.79 Å². The number of anilines is 2. The molecule has 1 unspecified atom stereocenters. The maximum absolute atomic E-state index is 13.6. The quantitative estimate of drug-likeness (QED) is 0.623. The molecule has 154 valence electrons. The number of hydrogen-bond acceptors (Lipinski definition) is 4. The number of para-hydroxylation sites is 2. The van der Waals surface area contributed by atoms with E-state index in [2.05, 4.69) is 9.97 Å².